The minimum atomic E-state index is 0.559. The second-order valence-corrected chi connectivity index (χ2v) is 17.2. The second kappa shape index (κ2) is 16.4. The normalized spacial score (nSPS) is 11.5. The van der Waals surface area contributed by atoms with Crippen molar-refractivity contribution in [3.05, 3.63) is 249 Å². The van der Waals surface area contributed by atoms with Crippen molar-refractivity contribution in [3.63, 3.8) is 0 Å². The van der Waals surface area contributed by atoms with Crippen molar-refractivity contribution in [1.82, 2.24) is 24.1 Å². The van der Waals surface area contributed by atoms with Crippen LogP contribution in [0.25, 0.3) is 123 Å². The molecule has 5 heteroatoms. The number of benzene rings is 10. The zero-order valence-electron chi connectivity index (χ0n) is 36.9. The summed E-state index contributed by atoms with van der Waals surface area (Å²) in [7, 11) is 0. The summed E-state index contributed by atoms with van der Waals surface area (Å²) in [6.45, 7) is 0. The smallest absolute Gasteiger partial charge is 0.238 e. The van der Waals surface area contributed by atoms with Crippen LogP contribution in [0.4, 0.5) is 0 Å². The SMILES string of the molecule is c1ccc(-c2ccc(-c3cccc(-c4ccccc4)c3-n3c4ccccc4c4cc5c(cc43)c3ccccc3n5-c3nc(-c4ccccc4)nc(-c4cccc(-c5ccccc5)c4)n3)cc2)cc1. The average Bonchev–Trinajstić information content (AvgIpc) is 3.92. The zero-order chi connectivity index (χ0) is 45.0. The van der Waals surface area contributed by atoms with E-state index in [0.717, 1.165) is 93.8 Å². The lowest BCUT2D eigenvalue weighted by molar-refractivity contribution is 0.954. The minimum Gasteiger partial charge on any atom is -0.308 e. The van der Waals surface area contributed by atoms with E-state index in [2.05, 4.69) is 234 Å². The van der Waals surface area contributed by atoms with Gasteiger partial charge in [-0.25, -0.2) is 4.98 Å². The third-order valence-electron chi connectivity index (χ3n) is 13.2. The molecule has 13 rings (SSSR count). The summed E-state index contributed by atoms with van der Waals surface area (Å²) in [5, 5.41) is 4.52. The number of nitrogens with zero attached hydrogens (tertiary/aromatic N) is 5. The maximum Gasteiger partial charge on any atom is 0.238 e. The van der Waals surface area contributed by atoms with Crippen molar-refractivity contribution >= 4 is 43.6 Å². The fourth-order valence-electron chi connectivity index (χ4n) is 10.0. The number of fused-ring (bicyclic) bond motifs is 6. The molecule has 318 valence electrons. The first-order chi connectivity index (χ1) is 33.7. The first-order valence-electron chi connectivity index (χ1n) is 23.0. The van der Waals surface area contributed by atoms with E-state index in [4.69, 9.17) is 15.0 Å². The number of hydrogen-bond acceptors (Lipinski definition) is 3. The molecular weight excluding hydrogens is 827 g/mol. The number of para-hydroxylation sites is 3. The maximum absolute atomic E-state index is 5.35. The molecule has 0 fully saturated rings. The first-order valence-corrected chi connectivity index (χ1v) is 23.0. The van der Waals surface area contributed by atoms with Gasteiger partial charge in [0, 0.05) is 43.8 Å². The molecule has 0 saturated heterocycles. The highest BCUT2D eigenvalue weighted by molar-refractivity contribution is 6.19. The summed E-state index contributed by atoms with van der Waals surface area (Å²) in [6.07, 6.45) is 0. The number of rotatable bonds is 8. The third-order valence-corrected chi connectivity index (χ3v) is 13.2. The lowest BCUT2D eigenvalue weighted by Gasteiger charge is -2.19. The van der Waals surface area contributed by atoms with Crippen molar-refractivity contribution in [1.29, 1.82) is 0 Å². The Morgan fingerprint density at radius 2 is 0.632 bits per heavy atom. The molecule has 0 amide bonds. The van der Waals surface area contributed by atoms with Gasteiger partial charge in [-0.15, -0.1) is 0 Å². The van der Waals surface area contributed by atoms with Gasteiger partial charge in [0.2, 0.25) is 5.95 Å². The van der Waals surface area contributed by atoms with Gasteiger partial charge in [-0.3, -0.25) is 4.57 Å². The molecule has 0 aliphatic heterocycles. The van der Waals surface area contributed by atoms with Crippen LogP contribution in [-0.4, -0.2) is 24.1 Å². The molecule has 0 spiro atoms. The third kappa shape index (κ3) is 6.68. The molecule has 10 aromatic carbocycles. The molecule has 0 atom stereocenters. The van der Waals surface area contributed by atoms with Gasteiger partial charge in [-0.2, -0.15) is 9.97 Å². The Morgan fingerprint density at radius 3 is 1.24 bits per heavy atom. The van der Waals surface area contributed by atoms with Crippen LogP contribution in [-0.2, 0) is 0 Å². The van der Waals surface area contributed by atoms with Crippen molar-refractivity contribution in [2.24, 2.45) is 0 Å². The Morgan fingerprint density at radius 1 is 0.235 bits per heavy atom. The molecule has 3 aromatic heterocycles. The minimum absolute atomic E-state index is 0.559. The number of hydrogen-bond donors (Lipinski definition) is 0. The topological polar surface area (TPSA) is 48.5 Å². The molecule has 68 heavy (non-hydrogen) atoms. The largest absolute Gasteiger partial charge is 0.308 e. The van der Waals surface area contributed by atoms with E-state index in [1.54, 1.807) is 0 Å². The molecule has 0 bridgehead atoms. The Kier molecular flexibility index (Phi) is 9.43. The molecule has 5 nitrogen and oxygen atoms in total. The maximum atomic E-state index is 5.35. The summed E-state index contributed by atoms with van der Waals surface area (Å²) in [4.78, 5) is 15.8. The summed E-state index contributed by atoms with van der Waals surface area (Å²) in [6, 6.07) is 88.4. The summed E-state index contributed by atoms with van der Waals surface area (Å²) >= 11 is 0. The van der Waals surface area contributed by atoms with Gasteiger partial charge < -0.3 is 4.57 Å². The zero-order valence-corrected chi connectivity index (χ0v) is 36.9. The molecule has 3 heterocycles. The predicted molar refractivity (Wildman–Crippen MR) is 281 cm³/mol. The van der Waals surface area contributed by atoms with Crippen LogP contribution in [0.15, 0.2) is 249 Å². The standard InChI is InChI=1S/C63H41N5/c1-5-19-42(20-6-1)44-35-37-46(38-36-44)51-32-18-31-50(45-23-9-3-10-24-45)60(51)67-56-33-15-13-29-52(56)54-41-59-55(40-58(54)67)53-30-14-16-34-57(53)68(59)63-65-61(47-25-11-4-12-26-47)64-62(66-63)49-28-17-27-48(39-49)43-21-7-2-8-22-43/h1-41H. The average molecular weight is 868 g/mol. The fraction of sp³-hybridized carbons (Fsp3) is 0. The lowest BCUT2D eigenvalue weighted by Crippen LogP contribution is -2.06. The van der Waals surface area contributed by atoms with Gasteiger partial charge in [-0.1, -0.05) is 218 Å². The van der Waals surface area contributed by atoms with Crippen molar-refractivity contribution in [2.75, 3.05) is 0 Å². The van der Waals surface area contributed by atoms with Gasteiger partial charge in [0.05, 0.1) is 27.8 Å². The Balaban J connectivity index is 1.07. The van der Waals surface area contributed by atoms with Gasteiger partial charge in [-0.05, 0) is 63.7 Å². The molecule has 0 N–H and O–H groups in total. The molecule has 0 saturated carbocycles. The quantitative estimate of drug-likeness (QED) is 0.153. The molecule has 0 aliphatic rings. The van der Waals surface area contributed by atoms with Crippen LogP contribution in [0.5, 0.6) is 0 Å². The Bertz CT molecular complexity index is 3990. The summed E-state index contributed by atoms with van der Waals surface area (Å²) in [5.74, 6) is 1.78. The summed E-state index contributed by atoms with van der Waals surface area (Å²) < 4.78 is 4.72. The van der Waals surface area contributed by atoms with Crippen molar-refractivity contribution < 1.29 is 0 Å². The van der Waals surface area contributed by atoms with Crippen molar-refractivity contribution in [3.8, 4) is 78.9 Å². The highest BCUT2D eigenvalue weighted by atomic mass is 15.2. The first kappa shape index (κ1) is 39.2. The molecule has 0 aliphatic carbocycles. The van der Waals surface area contributed by atoms with E-state index in [-0.39, 0.29) is 0 Å². The monoisotopic (exact) mass is 867 g/mol. The van der Waals surface area contributed by atoms with Crippen LogP contribution < -0.4 is 0 Å². The van der Waals surface area contributed by atoms with Crippen LogP contribution in [0.3, 0.4) is 0 Å². The van der Waals surface area contributed by atoms with Crippen LogP contribution >= 0.6 is 0 Å². The molecule has 13 aromatic rings. The van der Waals surface area contributed by atoms with E-state index in [9.17, 15) is 0 Å². The molecule has 0 unspecified atom stereocenters. The Labute approximate surface area is 393 Å². The highest BCUT2D eigenvalue weighted by Gasteiger charge is 2.24. The van der Waals surface area contributed by atoms with Gasteiger partial charge in [0.15, 0.2) is 11.6 Å². The van der Waals surface area contributed by atoms with E-state index >= 15 is 0 Å². The molecular formula is C63H41N5. The second-order valence-electron chi connectivity index (χ2n) is 17.2. The van der Waals surface area contributed by atoms with Crippen LogP contribution in [0, 0.1) is 0 Å². The van der Waals surface area contributed by atoms with E-state index in [1.807, 2.05) is 24.3 Å². The van der Waals surface area contributed by atoms with Crippen molar-refractivity contribution in [2.45, 2.75) is 0 Å². The Hall–Kier alpha value is -9.19. The molecule has 0 radical (unpaired) electrons. The lowest BCUT2D eigenvalue weighted by atomic mass is 9.94. The van der Waals surface area contributed by atoms with E-state index < -0.39 is 0 Å². The highest BCUT2D eigenvalue weighted by Crippen LogP contribution is 2.44. The van der Waals surface area contributed by atoms with Gasteiger partial charge >= 0.3 is 0 Å². The fourth-order valence-corrected chi connectivity index (χ4v) is 10.0. The summed E-state index contributed by atoms with van der Waals surface area (Å²) in [5.41, 5.74) is 16.5. The predicted octanol–water partition coefficient (Wildman–Crippen LogP) is 16.1. The van der Waals surface area contributed by atoms with Gasteiger partial charge in [0.25, 0.3) is 0 Å². The van der Waals surface area contributed by atoms with E-state index in [1.165, 1.54) is 11.1 Å². The van der Waals surface area contributed by atoms with Gasteiger partial charge in [0.1, 0.15) is 0 Å². The number of aromatic nitrogens is 5. The van der Waals surface area contributed by atoms with Crippen LogP contribution in [0.2, 0.25) is 0 Å². The van der Waals surface area contributed by atoms with Crippen LogP contribution in [0.1, 0.15) is 0 Å². The van der Waals surface area contributed by atoms with E-state index in [0.29, 0.717) is 17.6 Å².